The van der Waals surface area contributed by atoms with Crippen LogP contribution in [0.3, 0.4) is 0 Å². The second kappa shape index (κ2) is 7.39. The molecule has 1 N–H and O–H groups in total. The van der Waals surface area contributed by atoms with E-state index in [0.717, 1.165) is 28.8 Å². The number of nitrogens with one attached hydrogen (secondary N) is 1. The number of hydrogen-bond acceptors (Lipinski definition) is 3. The van der Waals surface area contributed by atoms with Gasteiger partial charge in [0.15, 0.2) is 0 Å². The van der Waals surface area contributed by atoms with Crippen LogP contribution < -0.4 is 9.62 Å². The number of anilines is 1. The van der Waals surface area contributed by atoms with E-state index in [2.05, 4.69) is 5.32 Å². The predicted octanol–water partition coefficient (Wildman–Crippen LogP) is 2.16. The molecule has 0 saturated heterocycles. The smallest absolute Gasteiger partial charge is 0.254 e. The highest BCUT2D eigenvalue weighted by Gasteiger charge is 2.18. The molecule has 0 spiro atoms. The molecule has 2 aromatic carbocycles. The number of carbonyl (C=O) groups excluding carboxylic acids is 1. The molecule has 0 bridgehead atoms. The minimum Gasteiger partial charge on any atom is -0.350 e. The van der Waals surface area contributed by atoms with Gasteiger partial charge in [0.25, 0.3) is 5.91 Å². The van der Waals surface area contributed by atoms with Crippen molar-refractivity contribution in [2.45, 2.75) is 0 Å². The van der Waals surface area contributed by atoms with E-state index in [0.29, 0.717) is 0 Å². The fourth-order valence-corrected chi connectivity index (χ4v) is 3.03. The van der Waals surface area contributed by atoms with Crippen LogP contribution in [0.1, 0.15) is 10.4 Å². The molecule has 0 fully saturated rings. The molecular weight excluding hydrogens is 338 g/mol. The molecule has 0 aromatic heterocycles. The number of halogens is 2. The maximum atomic E-state index is 13.5. The van der Waals surface area contributed by atoms with E-state index in [4.69, 9.17) is 0 Å². The number of carbonyl (C=O) groups is 1. The maximum absolute atomic E-state index is 13.5. The Bertz CT molecular complexity index is 823. The highest BCUT2D eigenvalue weighted by molar-refractivity contribution is 7.92. The highest BCUT2D eigenvalue weighted by atomic mass is 32.2. The summed E-state index contributed by atoms with van der Waals surface area (Å²) in [5, 5.41) is 2.46. The predicted molar refractivity (Wildman–Crippen MR) is 87.3 cm³/mol. The zero-order chi connectivity index (χ0) is 17.7. The van der Waals surface area contributed by atoms with E-state index >= 15 is 0 Å². The number of nitrogens with zero attached hydrogens (tertiary/aromatic N) is 1. The van der Waals surface area contributed by atoms with Crippen LogP contribution >= 0.6 is 0 Å². The summed E-state index contributed by atoms with van der Waals surface area (Å²) in [6, 6.07) is 10.4. The van der Waals surface area contributed by atoms with Gasteiger partial charge >= 0.3 is 0 Å². The molecule has 0 unspecified atom stereocenters. The van der Waals surface area contributed by atoms with E-state index < -0.39 is 27.6 Å². The first kappa shape index (κ1) is 17.9. The third kappa shape index (κ3) is 4.51. The Balaban J connectivity index is 2.05. The molecule has 0 aliphatic rings. The Hall–Kier alpha value is -2.48. The van der Waals surface area contributed by atoms with E-state index in [1.165, 1.54) is 30.3 Å². The molecule has 128 valence electrons. The van der Waals surface area contributed by atoms with Crippen LogP contribution in [-0.2, 0) is 10.0 Å². The number of sulfonamides is 1. The van der Waals surface area contributed by atoms with Crippen molar-refractivity contribution >= 4 is 21.6 Å². The minimum atomic E-state index is -3.62. The van der Waals surface area contributed by atoms with Crippen molar-refractivity contribution < 1.29 is 22.0 Å². The summed E-state index contributed by atoms with van der Waals surface area (Å²) < 4.78 is 51.3. The molecule has 0 atom stereocenters. The highest BCUT2D eigenvalue weighted by Crippen LogP contribution is 2.17. The molecule has 0 radical (unpaired) electrons. The van der Waals surface area contributed by atoms with Crippen molar-refractivity contribution in [1.82, 2.24) is 5.32 Å². The topological polar surface area (TPSA) is 66.5 Å². The summed E-state index contributed by atoms with van der Waals surface area (Å²) in [5.41, 5.74) is 0.157. The zero-order valence-corrected chi connectivity index (χ0v) is 13.7. The minimum absolute atomic E-state index is 0.0301. The largest absolute Gasteiger partial charge is 0.350 e. The van der Waals surface area contributed by atoms with Crippen LogP contribution in [0.2, 0.25) is 0 Å². The molecule has 8 heteroatoms. The quantitative estimate of drug-likeness (QED) is 0.864. The first-order valence-corrected chi connectivity index (χ1v) is 8.90. The maximum Gasteiger partial charge on any atom is 0.254 e. The average Bonchev–Trinajstić information content (AvgIpc) is 2.52. The third-order valence-electron chi connectivity index (χ3n) is 3.23. The van der Waals surface area contributed by atoms with Crippen molar-refractivity contribution in [3.63, 3.8) is 0 Å². The van der Waals surface area contributed by atoms with E-state index in [-0.39, 0.29) is 24.3 Å². The first-order valence-electron chi connectivity index (χ1n) is 7.05. The summed E-state index contributed by atoms with van der Waals surface area (Å²) in [6.07, 6.45) is 1.01. The number of rotatable bonds is 6. The summed E-state index contributed by atoms with van der Waals surface area (Å²) in [5.74, 6) is -1.78. The number of amides is 1. The first-order chi connectivity index (χ1) is 11.3. The molecule has 0 aliphatic carbocycles. The van der Waals surface area contributed by atoms with E-state index in [9.17, 15) is 22.0 Å². The van der Waals surface area contributed by atoms with Crippen LogP contribution in [0.25, 0.3) is 0 Å². The number of benzene rings is 2. The van der Waals surface area contributed by atoms with Gasteiger partial charge in [-0.05, 0) is 36.4 Å². The van der Waals surface area contributed by atoms with Crippen LogP contribution in [-0.4, -0.2) is 33.7 Å². The van der Waals surface area contributed by atoms with Crippen LogP contribution in [0.4, 0.5) is 14.5 Å². The third-order valence-corrected chi connectivity index (χ3v) is 4.43. The van der Waals surface area contributed by atoms with Gasteiger partial charge in [-0.15, -0.1) is 0 Å². The Morgan fingerprint density at radius 1 is 1.08 bits per heavy atom. The normalized spacial score (nSPS) is 11.1. The van der Waals surface area contributed by atoms with Gasteiger partial charge in [0.2, 0.25) is 10.0 Å². The lowest BCUT2D eigenvalue weighted by Crippen LogP contribution is -2.38. The standard InChI is InChI=1S/C16H16F2N2O3S/c1-24(22,23)20(13-8-6-12(17)7-9-13)11-10-19-16(21)14-4-2-3-5-15(14)18/h2-9H,10-11H2,1H3,(H,19,21). The molecule has 0 saturated carbocycles. The van der Waals surface area contributed by atoms with Gasteiger partial charge in [-0.1, -0.05) is 12.1 Å². The second-order valence-electron chi connectivity index (χ2n) is 5.05. The average molecular weight is 354 g/mol. The molecule has 0 heterocycles. The molecule has 5 nitrogen and oxygen atoms in total. The van der Waals surface area contributed by atoms with E-state index in [1.54, 1.807) is 0 Å². The number of hydrogen-bond donors (Lipinski definition) is 1. The monoisotopic (exact) mass is 354 g/mol. The van der Waals surface area contributed by atoms with Crippen molar-refractivity contribution in [2.75, 3.05) is 23.7 Å². The van der Waals surface area contributed by atoms with Gasteiger partial charge in [-0.25, -0.2) is 17.2 Å². The Kier molecular flexibility index (Phi) is 5.50. The summed E-state index contributed by atoms with van der Waals surface area (Å²) >= 11 is 0. The van der Waals surface area contributed by atoms with Gasteiger partial charge < -0.3 is 5.32 Å². The van der Waals surface area contributed by atoms with Crippen LogP contribution in [0.15, 0.2) is 48.5 Å². The van der Waals surface area contributed by atoms with Gasteiger partial charge in [0, 0.05) is 6.54 Å². The van der Waals surface area contributed by atoms with Crippen molar-refractivity contribution in [1.29, 1.82) is 0 Å². The van der Waals surface area contributed by atoms with Crippen molar-refractivity contribution in [3.05, 3.63) is 65.7 Å². The lowest BCUT2D eigenvalue weighted by molar-refractivity contribution is 0.0951. The van der Waals surface area contributed by atoms with Crippen LogP contribution in [0, 0.1) is 11.6 Å². The molecule has 0 aliphatic heterocycles. The van der Waals surface area contributed by atoms with Crippen molar-refractivity contribution in [3.8, 4) is 0 Å². The summed E-state index contributed by atoms with van der Waals surface area (Å²) in [4.78, 5) is 11.9. The lowest BCUT2D eigenvalue weighted by Gasteiger charge is -2.22. The Labute approximate surface area is 139 Å². The molecular formula is C16H16F2N2O3S. The second-order valence-corrected chi connectivity index (χ2v) is 6.95. The fraction of sp³-hybridized carbons (Fsp3) is 0.188. The Morgan fingerprint density at radius 3 is 2.29 bits per heavy atom. The molecule has 2 aromatic rings. The Morgan fingerprint density at radius 2 is 1.71 bits per heavy atom. The zero-order valence-electron chi connectivity index (χ0n) is 12.9. The van der Waals surface area contributed by atoms with Gasteiger partial charge in [-0.3, -0.25) is 9.10 Å². The van der Waals surface area contributed by atoms with Crippen LogP contribution in [0.5, 0.6) is 0 Å². The fourth-order valence-electron chi connectivity index (χ4n) is 2.11. The van der Waals surface area contributed by atoms with Gasteiger partial charge in [0.05, 0.1) is 24.1 Å². The molecule has 2 rings (SSSR count). The van der Waals surface area contributed by atoms with Gasteiger partial charge in [-0.2, -0.15) is 0 Å². The molecule has 24 heavy (non-hydrogen) atoms. The van der Waals surface area contributed by atoms with Gasteiger partial charge in [0.1, 0.15) is 11.6 Å². The lowest BCUT2D eigenvalue weighted by atomic mass is 10.2. The van der Waals surface area contributed by atoms with E-state index in [1.807, 2.05) is 0 Å². The van der Waals surface area contributed by atoms with Crippen molar-refractivity contribution in [2.24, 2.45) is 0 Å². The SMILES string of the molecule is CS(=O)(=O)N(CCNC(=O)c1ccccc1F)c1ccc(F)cc1. The molecule has 1 amide bonds. The summed E-state index contributed by atoms with van der Waals surface area (Å²) in [7, 11) is -3.62. The summed E-state index contributed by atoms with van der Waals surface area (Å²) in [6.45, 7) is -0.0950.